The zero-order valence-corrected chi connectivity index (χ0v) is 14.1. The predicted molar refractivity (Wildman–Crippen MR) is 82.2 cm³/mol. The van der Waals surface area contributed by atoms with E-state index in [9.17, 15) is 18.0 Å². The monoisotopic (exact) mass is 398 g/mol. The van der Waals surface area contributed by atoms with E-state index in [1.165, 1.54) is 7.11 Å². The molecular weight excluding hydrogens is 392 g/mol. The second kappa shape index (κ2) is 5.94. The highest BCUT2D eigenvalue weighted by Gasteiger charge is 2.35. The molecule has 0 radical (unpaired) electrons. The normalized spacial score (nSPS) is 12.1. The molecule has 0 fully saturated rings. The van der Waals surface area contributed by atoms with Crippen LogP contribution >= 0.6 is 34.5 Å². The molecule has 0 aromatic carbocycles. The lowest BCUT2D eigenvalue weighted by molar-refractivity contribution is -0.144. The third kappa shape index (κ3) is 2.96. The minimum atomic E-state index is -4.63. The van der Waals surface area contributed by atoms with E-state index in [0.29, 0.717) is 10.7 Å². The summed E-state index contributed by atoms with van der Waals surface area (Å²) in [6, 6.07) is 1.79. The van der Waals surface area contributed by atoms with E-state index >= 15 is 0 Å². The Balaban J connectivity index is 2.08. The molecule has 0 aliphatic heterocycles. The Morgan fingerprint density at radius 2 is 2.04 bits per heavy atom. The van der Waals surface area contributed by atoms with Gasteiger partial charge in [-0.2, -0.15) is 18.3 Å². The molecule has 0 aliphatic rings. The van der Waals surface area contributed by atoms with Crippen LogP contribution in [0, 0.1) is 0 Å². The van der Waals surface area contributed by atoms with Crippen LogP contribution in [0.25, 0.3) is 4.96 Å². The van der Waals surface area contributed by atoms with Crippen LogP contribution in [-0.2, 0) is 12.7 Å². The Kier molecular flexibility index (Phi) is 4.22. The average molecular weight is 399 g/mol. The fourth-order valence-corrected chi connectivity index (χ4v) is 3.53. The highest BCUT2D eigenvalue weighted by Crippen LogP contribution is 2.33. The summed E-state index contributed by atoms with van der Waals surface area (Å²) >= 11 is 12.5. The van der Waals surface area contributed by atoms with Crippen LogP contribution in [0.2, 0.25) is 10.3 Å². The summed E-state index contributed by atoms with van der Waals surface area (Å²) in [4.78, 5) is 16.5. The Labute approximate surface area is 146 Å². The van der Waals surface area contributed by atoms with Crippen molar-refractivity contribution in [1.29, 1.82) is 0 Å². The third-order valence-corrected chi connectivity index (χ3v) is 4.67. The summed E-state index contributed by atoms with van der Waals surface area (Å²) < 4.78 is 45.6. The molecular formula is C12H7Cl2F3N4O2S. The van der Waals surface area contributed by atoms with Crippen molar-refractivity contribution >= 4 is 39.5 Å². The van der Waals surface area contributed by atoms with E-state index < -0.39 is 17.4 Å². The molecule has 0 saturated heterocycles. The summed E-state index contributed by atoms with van der Waals surface area (Å²) in [6.45, 7) is -0.370. The Bertz CT molecular complexity index is 979. The topological polar surface area (TPSA) is 61.4 Å². The number of rotatable bonds is 3. The van der Waals surface area contributed by atoms with Crippen LogP contribution in [0.4, 0.5) is 13.2 Å². The maximum absolute atomic E-state index is 13.0. The van der Waals surface area contributed by atoms with Crippen LogP contribution in [0.1, 0.15) is 11.4 Å². The molecule has 0 atom stereocenters. The second-order valence-electron chi connectivity index (χ2n) is 4.60. The van der Waals surface area contributed by atoms with E-state index in [1.807, 2.05) is 0 Å². The number of hydrogen-bond acceptors (Lipinski definition) is 5. The van der Waals surface area contributed by atoms with Crippen LogP contribution in [0.15, 0.2) is 16.9 Å². The quantitative estimate of drug-likeness (QED) is 0.678. The van der Waals surface area contributed by atoms with Gasteiger partial charge in [0.15, 0.2) is 10.3 Å². The van der Waals surface area contributed by atoms with Crippen molar-refractivity contribution in [3.8, 4) is 5.06 Å². The first-order valence-corrected chi connectivity index (χ1v) is 7.83. The standard InChI is InChI=1S/C12H7Cl2F3N4O2S/c1-23-10-9(14)21-8(22)2-5(18-11(21)24-10)4-20-6(12(15,16)17)3-7(13)19-20/h2-3H,4H2,1H3. The second-order valence-corrected chi connectivity index (χ2v) is 6.28. The molecule has 6 nitrogen and oxygen atoms in total. The maximum Gasteiger partial charge on any atom is 0.433 e. The SMILES string of the molecule is COc1sc2nc(Cn3nc(Cl)cc3C(F)(F)F)cc(=O)n2c1Cl. The summed E-state index contributed by atoms with van der Waals surface area (Å²) in [7, 11) is 1.38. The van der Waals surface area contributed by atoms with Crippen molar-refractivity contribution in [3.63, 3.8) is 0 Å². The van der Waals surface area contributed by atoms with Crippen LogP contribution < -0.4 is 10.3 Å². The van der Waals surface area contributed by atoms with Gasteiger partial charge in [0, 0.05) is 12.1 Å². The maximum atomic E-state index is 13.0. The van der Waals surface area contributed by atoms with Gasteiger partial charge in [0.2, 0.25) is 10.0 Å². The minimum absolute atomic E-state index is 0.0552. The fraction of sp³-hybridized carbons (Fsp3) is 0.250. The van der Waals surface area contributed by atoms with Gasteiger partial charge in [-0.25, -0.2) is 9.38 Å². The molecule has 12 heteroatoms. The highest BCUT2D eigenvalue weighted by molar-refractivity contribution is 7.19. The van der Waals surface area contributed by atoms with Crippen molar-refractivity contribution < 1.29 is 17.9 Å². The van der Waals surface area contributed by atoms with Crippen molar-refractivity contribution in [3.05, 3.63) is 44.2 Å². The van der Waals surface area contributed by atoms with Crippen molar-refractivity contribution in [1.82, 2.24) is 19.2 Å². The number of alkyl halides is 3. The number of thiazole rings is 1. The van der Waals surface area contributed by atoms with Crippen LogP contribution in [-0.4, -0.2) is 26.3 Å². The minimum Gasteiger partial charge on any atom is -0.485 e. The smallest absolute Gasteiger partial charge is 0.433 e. The summed E-state index contributed by atoms with van der Waals surface area (Å²) in [6.07, 6.45) is -4.63. The first kappa shape index (κ1) is 17.1. The fourth-order valence-electron chi connectivity index (χ4n) is 2.07. The average Bonchev–Trinajstić information content (AvgIpc) is 2.99. The number of hydrogen-bond donors (Lipinski definition) is 0. The lowest BCUT2D eigenvalue weighted by atomic mass is 10.3. The molecule has 0 N–H and O–H groups in total. The van der Waals surface area contributed by atoms with Gasteiger partial charge < -0.3 is 4.74 Å². The molecule has 0 amide bonds. The zero-order valence-electron chi connectivity index (χ0n) is 11.8. The number of nitrogens with zero attached hydrogens (tertiary/aromatic N) is 4. The molecule has 3 aromatic heterocycles. The molecule has 24 heavy (non-hydrogen) atoms. The molecule has 0 aliphatic carbocycles. The van der Waals surface area contributed by atoms with Gasteiger partial charge in [-0.05, 0) is 0 Å². The van der Waals surface area contributed by atoms with Gasteiger partial charge in [-0.1, -0.05) is 34.5 Å². The van der Waals surface area contributed by atoms with Crippen molar-refractivity contribution in [2.45, 2.75) is 12.7 Å². The molecule has 0 unspecified atom stereocenters. The lowest BCUT2D eigenvalue weighted by Gasteiger charge is -2.09. The molecule has 0 spiro atoms. The van der Waals surface area contributed by atoms with Gasteiger partial charge in [0.1, 0.15) is 5.69 Å². The summed E-state index contributed by atoms with van der Waals surface area (Å²) in [5, 5.41) is 3.61. The number of methoxy groups -OCH3 is 1. The predicted octanol–water partition coefficient (Wildman–Crippen LogP) is 3.34. The van der Waals surface area contributed by atoms with Gasteiger partial charge in [-0.3, -0.25) is 9.48 Å². The zero-order chi connectivity index (χ0) is 17.6. The number of fused-ring (bicyclic) bond motifs is 1. The Morgan fingerprint density at radius 3 is 2.67 bits per heavy atom. The molecule has 3 rings (SSSR count). The van der Waals surface area contributed by atoms with E-state index in [2.05, 4.69) is 10.1 Å². The van der Waals surface area contributed by atoms with E-state index in [-0.39, 0.29) is 32.6 Å². The molecule has 0 bridgehead atoms. The Hall–Kier alpha value is -1.78. The third-order valence-electron chi connectivity index (χ3n) is 3.03. The van der Waals surface area contributed by atoms with Gasteiger partial charge >= 0.3 is 6.18 Å². The molecule has 3 heterocycles. The number of aromatic nitrogens is 4. The Morgan fingerprint density at radius 1 is 1.33 bits per heavy atom. The summed E-state index contributed by atoms with van der Waals surface area (Å²) in [5.74, 6) is 0. The molecule has 128 valence electrons. The number of halogens is 5. The van der Waals surface area contributed by atoms with Crippen LogP contribution in [0.3, 0.4) is 0 Å². The van der Waals surface area contributed by atoms with E-state index in [0.717, 1.165) is 21.8 Å². The van der Waals surface area contributed by atoms with Gasteiger partial charge in [0.25, 0.3) is 5.56 Å². The summed E-state index contributed by atoms with van der Waals surface area (Å²) in [5.41, 5.74) is -1.48. The largest absolute Gasteiger partial charge is 0.485 e. The lowest BCUT2D eigenvalue weighted by Crippen LogP contribution is -2.19. The van der Waals surface area contributed by atoms with Crippen molar-refractivity contribution in [2.24, 2.45) is 0 Å². The highest BCUT2D eigenvalue weighted by atomic mass is 35.5. The first-order chi connectivity index (χ1) is 11.2. The van der Waals surface area contributed by atoms with Crippen LogP contribution in [0.5, 0.6) is 5.06 Å². The van der Waals surface area contributed by atoms with Gasteiger partial charge in [0.05, 0.1) is 19.3 Å². The van der Waals surface area contributed by atoms with E-state index in [4.69, 9.17) is 27.9 Å². The first-order valence-electron chi connectivity index (χ1n) is 6.26. The van der Waals surface area contributed by atoms with E-state index in [1.54, 1.807) is 0 Å². The number of ether oxygens (including phenoxy) is 1. The molecule has 3 aromatic rings. The van der Waals surface area contributed by atoms with Gasteiger partial charge in [-0.15, -0.1) is 0 Å². The molecule has 0 saturated carbocycles. The van der Waals surface area contributed by atoms with Crippen molar-refractivity contribution in [2.75, 3.05) is 7.11 Å².